The lowest BCUT2D eigenvalue weighted by Crippen LogP contribution is -2.37. The van der Waals surface area contributed by atoms with Crippen molar-refractivity contribution in [2.75, 3.05) is 31.2 Å². The summed E-state index contributed by atoms with van der Waals surface area (Å²) in [5.41, 5.74) is 1.99. The second-order valence-electron chi connectivity index (χ2n) is 4.93. The zero-order chi connectivity index (χ0) is 14.1. The smallest absolute Gasteiger partial charge is 0.182 e. The molecule has 1 aliphatic heterocycles. The SMILES string of the molecule is c1cc2c(N3CCOCC3)nc(-c3ccncc3)nn2c1. The molecule has 4 heterocycles. The van der Waals surface area contributed by atoms with Crippen LogP contribution in [-0.4, -0.2) is 45.9 Å². The van der Waals surface area contributed by atoms with Crippen molar-refractivity contribution in [2.24, 2.45) is 0 Å². The Kier molecular flexibility index (Phi) is 3.01. The van der Waals surface area contributed by atoms with Crippen LogP contribution in [0.25, 0.3) is 16.9 Å². The molecule has 3 aromatic rings. The minimum atomic E-state index is 0.711. The van der Waals surface area contributed by atoms with Gasteiger partial charge in [0.15, 0.2) is 11.6 Å². The van der Waals surface area contributed by atoms with Gasteiger partial charge in [0.05, 0.1) is 13.2 Å². The van der Waals surface area contributed by atoms with Gasteiger partial charge in [0.2, 0.25) is 0 Å². The molecule has 21 heavy (non-hydrogen) atoms. The fourth-order valence-corrected chi connectivity index (χ4v) is 2.55. The molecule has 1 fully saturated rings. The van der Waals surface area contributed by atoms with Gasteiger partial charge in [-0.25, -0.2) is 9.50 Å². The third kappa shape index (κ3) is 2.23. The Morgan fingerprint density at radius 1 is 1.05 bits per heavy atom. The van der Waals surface area contributed by atoms with Crippen molar-refractivity contribution in [2.45, 2.75) is 0 Å². The Morgan fingerprint density at radius 2 is 1.86 bits per heavy atom. The Balaban J connectivity index is 1.86. The average molecular weight is 281 g/mol. The normalized spacial score (nSPS) is 15.5. The largest absolute Gasteiger partial charge is 0.378 e. The standard InChI is InChI=1S/C15H15N5O/c1-2-13-15(19-8-10-21-11-9-19)17-14(18-20(13)7-1)12-3-5-16-6-4-12/h1-7H,8-11H2. The molecule has 4 rings (SSSR count). The molecule has 0 radical (unpaired) electrons. The molecule has 6 heteroatoms. The summed E-state index contributed by atoms with van der Waals surface area (Å²) in [5, 5.41) is 4.58. The summed E-state index contributed by atoms with van der Waals surface area (Å²) >= 11 is 0. The zero-order valence-corrected chi connectivity index (χ0v) is 11.5. The number of pyridine rings is 1. The number of ether oxygens (including phenoxy) is 1. The first-order valence-corrected chi connectivity index (χ1v) is 7.00. The molecule has 106 valence electrons. The summed E-state index contributed by atoms with van der Waals surface area (Å²) in [7, 11) is 0. The molecule has 0 spiro atoms. The minimum absolute atomic E-state index is 0.711. The highest BCUT2D eigenvalue weighted by molar-refractivity contribution is 5.71. The highest BCUT2D eigenvalue weighted by Crippen LogP contribution is 2.24. The third-order valence-corrected chi connectivity index (χ3v) is 3.62. The zero-order valence-electron chi connectivity index (χ0n) is 11.5. The molecule has 0 aromatic carbocycles. The van der Waals surface area contributed by atoms with Crippen LogP contribution in [0.5, 0.6) is 0 Å². The number of hydrogen-bond acceptors (Lipinski definition) is 5. The predicted octanol–water partition coefficient (Wildman–Crippen LogP) is 1.63. The van der Waals surface area contributed by atoms with Crippen molar-refractivity contribution in [3.63, 3.8) is 0 Å². The first-order valence-electron chi connectivity index (χ1n) is 7.00. The van der Waals surface area contributed by atoms with E-state index in [1.807, 2.05) is 35.0 Å². The van der Waals surface area contributed by atoms with E-state index >= 15 is 0 Å². The van der Waals surface area contributed by atoms with Gasteiger partial charge in [-0.1, -0.05) is 0 Å². The molecule has 0 unspecified atom stereocenters. The lowest BCUT2D eigenvalue weighted by Gasteiger charge is -2.28. The quantitative estimate of drug-likeness (QED) is 0.714. The van der Waals surface area contributed by atoms with Crippen molar-refractivity contribution >= 4 is 11.3 Å². The second kappa shape index (κ2) is 5.14. The van der Waals surface area contributed by atoms with Crippen LogP contribution >= 0.6 is 0 Å². The van der Waals surface area contributed by atoms with E-state index in [1.165, 1.54) is 0 Å². The molecule has 0 amide bonds. The van der Waals surface area contributed by atoms with Crippen LogP contribution in [0.3, 0.4) is 0 Å². The van der Waals surface area contributed by atoms with E-state index in [2.05, 4.69) is 15.0 Å². The van der Waals surface area contributed by atoms with Gasteiger partial charge in [0, 0.05) is 37.2 Å². The molecular weight excluding hydrogens is 266 g/mol. The lowest BCUT2D eigenvalue weighted by atomic mass is 10.2. The van der Waals surface area contributed by atoms with Crippen molar-refractivity contribution in [1.82, 2.24) is 19.6 Å². The van der Waals surface area contributed by atoms with Crippen molar-refractivity contribution in [1.29, 1.82) is 0 Å². The van der Waals surface area contributed by atoms with Crippen LogP contribution in [0.4, 0.5) is 5.82 Å². The van der Waals surface area contributed by atoms with Crippen molar-refractivity contribution in [3.05, 3.63) is 42.9 Å². The summed E-state index contributed by atoms with van der Waals surface area (Å²) in [6.07, 6.45) is 5.46. The number of nitrogens with zero attached hydrogens (tertiary/aromatic N) is 5. The summed E-state index contributed by atoms with van der Waals surface area (Å²) in [6, 6.07) is 7.88. The molecule has 0 atom stereocenters. The predicted molar refractivity (Wildman–Crippen MR) is 79.3 cm³/mol. The van der Waals surface area contributed by atoms with Crippen molar-refractivity contribution in [3.8, 4) is 11.4 Å². The van der Waals surface area contributed by atoms with Crippen molar-refractivity contribution < 1.29 is 4.74 Å². The molecule has 0 saturated carbocycles. The van der Waals surface area contributed by atoms with Crippen LogP contribution < -0.4 is 4.90 Å². The molecule has 0 aliphatic carbocycles. The monoisotopic (exact) mass is 281 g/mol. The van der Waals surface area contributed by atoms with Crippen LogP contribution in [0.1, 0.15) is 0 Å². The van der Waals surface area contributed by atoms with Crippen LogP contribution in [0.15, 0.2) is 42.9 Å². The summed E-state index contributed by atoms with van der Waals surface area (Å²) in [5.74, 6) is 1.67. The van der Waals surface area contributed by atoms with E-state index in [4.69, 9.17) is 9.72 Å². The Hall–Kier alpha value is -2.47. The van der Waals surface area contributed by atoms with Crippen LogP contribution in [-0.2, 0) is 4.74 Å². The third-order valence-electron chi connectivity index (χ3n) is 3.62. The van der Waals surface area contributed by atoms with Gasteiger partial charge < -0.3 is 9.64 Å². The fourth-order valence-electron chi connectivity index (χ4n) is 2.55. The molecule has 3 aromatic heterocycles. The van der Waals surface area contributed by atoms with Crippen LogP contribution in [0.2, 0.25) is 0 Å². The highest BCUT2D eigenvalue weighted by atomic mass is 16.5. The maximum absolute atomic E-state index is 5.43. The molecule has 1 aliphatic rings. The maximum Gasteiger partial charge on any atom is 0.182 e. The van der Waals surface area contributed by atoms with E-state index in [1.54, 1.807) is 12.4 Å². The molecular formula is C15H15N5O. The number of aromatic nitrogens is 4. The van der Waals surface area contributed by atoms with Gasteiger partial charge >= 0.3 is 0 Å². The van der Waals surface area contributed by atoms with E-state index in [9.17, 15) is 0 Å². The van der Waals surface area contributed by atoms with Gasteiger partial charge in [-0.15, -0.1) is 5.10 Å². The first kappa shape index (κ1) is 12.3. The summed E-state index contributed by atoms with van der Waals surface area (Å²) < 4.78 is 7.31. The Bertz CT molecular complexity index is 749. The summed E-state index contributed by atoms with van der Waals surface area (Å²) in [4.78, 5) is 11.1. The number of anilines is 1. The van der Waals surface area contributed by atoms with E-state index in [-0.39, 0.29) is 0 Å². The van der Waals surface area contributed by atoms with Gasteiger partial charge in [-0.05, 0) is 24.3 Å². The molecule has 1 saturated heterocycles. The second-order valence-corrected chi connectivity index (χ2v) is 4.93. The number of hydrogen-bond donors (Lipinski definition) is 0. The lowest BCUT2D eigenvalue weighted by molar-refractivity contribution is 0.122. The van der Waals surface area contributed by atoms with Crippen LogP contribution in [0, 0.1) is 0 Å². The molecule has 6 nitrogen and oxygen atoms in total. The van der Waals surface area contributed by atoms with Gasteiger partial charge in [0.1, 0.15) is 5.52 Å². The first-order chi connectivity index (χ1) is 10.4. The van der Waals surface area contributed by atoms with Gasteiger partial charge in [-0.2, -0.15) is 0 Å². The summed E-state index contributed by atoms with van der Waals surface area (Å²) in [6.45, 7) is 3.18. The van der Waals surface area contributed by atoms with E-state index < -0.39 is 0 Å². The number of morpholine rings is 1. The number of fused-ring (bicyclic) bond motifs is 1. The highest BCUT2D eigenvalue weighted by Gasteiger charge is 2.17. The number of rotatable bonds is 2. The minimum Gasteiger partial charge on any atom is -0.378 e. The van der Waals surface area contributed by atoms with Gasteiger partial charge in [0.25, 0.3) is 0 Å². The van der Waals surface area contributed by atoms with E-state index in [0.29, 0.717) is 5.82 Å². The van der Waals surface area contributed by atoms with Gasteiger partial charge in [-0.3, -0.25) is 4.98 Å². The Labute approximate surface area is 122 Å². The maximum atomic E-state index is 5.43. The topological polar surface area (TPSA) is 55.5 Å². The molecule has 0 bridgehead atoms. The fraction of sp³-hybridized carbons (Fsp3) is 0.267. The molecule has 0 N–H and O–H groups in total. The Morgan fingerprint density at radius 3 is 2.67 bits per heavy atom. The average Bonchev–Trinajstić information content (AvgIpc) is 3.04. The van der Waals surface area contributed by atoms with E-state index in [0.717, 1.165) is 43.2 Å².